The van der Waals surface area contributed by atoms with Crippen molar-refractivity contribution in [2.24, 2.45) is 0 Å². The van der Waals surface area contributed by atoms with Gasteiger partial charge in [-0.1, -0.05) is 37.3 Å². The van der Waals surface area contributed by atoms with Crippen LogP contribution in [-0.4, -0.2) is 38.3 Å². The van der Waals surface area contributed by atoms with Gasteiger partial charge in [0.25, 0.3) is 0 Å². The number of anilines is 1. The first-order chi connectivity index (χ1) is 13.0. The lowest BCUT2D eigenvalue weighted by atomic mass is 10.1. The predicted octanol–water partition coefficient (Wildman–Crippen LogP) is 3.19. The standard InChI is InChI=1S/C20H24N2O4S/c1-2-6-20(23)21-17-9-11-18(12-10-17)27(24,25)22-13-14-26-19(15-22)16-7-4-3-5-8-16/h3-5,7-12,19H,2,6,13-15H2,1H3,(H,21,23)/t19-/m1/s1. The maximum Gasteiger partial charge on any atom is 0.243 e. The van der Waals surface area contributed by atoms with Gasteiger partial charge >= 0.3 is 0 Å². The van der Waals surface area contributed by atoms with Gasteiger partial charge < -0.3 is 10.1 Å². The van der Waals surface area contributed by atoms with Gasteiger partial charge in [0.05, 0.1) is 17.6 Å². The SMILES string of the molecule is CCCC(=O)Nc1ccc(S(=O)(=O)N2CCO[C@@H](c3ccccc3)C2)cc1. The molecule has 6 nitrogen and oxygen atoms in total. The molecule has 1 saturated heterocycles. The second-order valence-electron chi connectivity index (χ2n) is 6.46. The molecule has 0 radical (unpaired) electrons. The summed E-state index contributed by atoms with van der Waals surface area (Å²) in [5.74, 6) is -0.0769. The molecule has 1 aliphatic rings. The number of rotatable bonds is 6. The molecule has 1 amide bonds. The van der Waals surface area contributed by atoms with E-state index in [4.69, 9.17) is 4.74 Å². The molecule has 1 atom stereocenters. The van der Waals surface area contributed by atoms with Crippen molar-refractivity contribution in [3.8, 4) is 0 Å². The van der Waals surface area contributed by atoms with Crippen molar-refractivity contribution >= 4 is 21.6 Å². The zero-order chi connectivity index (χ0) is 19.3. The zero-order valence-corrected chi connectivity index (χ0v) is 16.1. The Bertz CT molecular complexity index is 867. The van der Waals surface area contributed by atoms with Crippen LogP contribution in [0.2, 0.25) is 0 Å². The molecule has 27 heavy (non-hydrogen) atoms. The molecule has 0 aliphatic carbocycles. The van der Waals surface area contributed by atoms with Crippen molar-refractivity contribution in [1.82, 2.24) is 4.31 Å². The van der Waals surface area contributed by atoms with Crippen molar-refractivity contribution in [3.05, 3.63) is 60.2 Å². The average molecular weight is 388 g/mol. The number of ether oxygens (including phenoxy) is 1. The number of benzene rings is 2. The molecule has 0 aromatic heterocycles. The quantitative estimate of drug-likeness (QED) is 0.825. The van der Waals surface area contributed by atoms with E-state index in [1.807, 2.05) is 37.3 Å². The number of nitrogens with zero attached hydrogens (tertiary/aromatic N) is 1. The third kappa shape index (κ3) is 4.74. The van der Waals surface area contributed by atoms with Crippen molar-refractivity contribution in [2.45, 2.75) is 30.8 Å². The number of morpholine rings is 1. The van der Waals surface area contributed by atoms with Gasteiger partial charge in [0.1, 0.15) is 0 Å². The number of sulfonamides is 1. The van der Waals surface area contributed by atoms with E-state index < -0.39 is 10.0 Å². The molecule has 3 rings (SSSR count). The summed E-state index contributed by atoms with van der Waals surface area (Å²) in [6.07, 6.45) is 0.925. The highest BCUT2D eigenvalue weighted by Crippen LogP contribution is 2.27. The monoisotopic (exact) mass is 388 g/mol. The third-order valence-electron chi connectivity index (χ3n) is 4.45. The lowest BCUT2D eigenvalue weighted by Gasteiger charge is -2.32. The Morgan fingerprint density at radius 2 is 1.85 bits per heavy atom. The Balaban J connectivity index is 1.72. The van der Waals surface area contributed by atoms with Gasteiger partial charge in [-0.05, 0) is 36.2 Å². The van der Waals surface area contributed by atoms with Gasteiger partial charge in [0.2, 0.25) is 15.9 Å². The van der Waals surface area contributed by atoms with Crippen molar-refractivity contribution in [3.63, 3.8) is 0 Å². The Kier molecular flexibility index (Phi) is 6.26. The highest BCUT2D eigenvalue weighted by Gasteiger charge is 2.31. The third-order valence-corrected chi connectivity index (χ3v) is 6.33. The van der Waals surface area contributed by atoms with E-state index in [-0.39, 0.29) is 23.5 Å². The Morgan fingerprint density at radius 1 is 1.15 bits per heavy atom. The minimum absolute atomic E-state index is 0.0769. The Labute approximate surface area is 160 Å². The van der Waals surface area contributed by atoms with Gasteiger partial charge in [0, 0.05) is 25.2 Å². The van der Waals surface area contributed by atoms with Crippen LogP contribution in [0.3, 0.4) is 0 Å². The fraction of sp³-hybridized carbons (Fsp3) is 0.350. The van der Waals surface area contributed by atoms with Crippen LogP contribution in [-0.2, 0) is 19.6 Å². The molecule has 7 heteroatoms. The molecule has 0 unspecified atom stereocenters. The topological polar surface area (TPSA) is 75.7 Å². The van der Waals surface area contributed by atoms with Crippen LogP contribution in [0.25, 0.3) is 0 Å². The molecular formula is C20H24N2O4S. The smallest absolute Gasteiger partial charge is 0.243 e. The molecule has 2 aromatic carbocycles. The summed E-state index contributed by atoms with van der Waals surface area (Å²) < 4.78 is 33.2. The maximum atomic E-state index is 13.0. The van der Waals surface area contributed by atoms with Crippen LogP contribution >= 0.6 is 0 Å². The van der Waals surface area contributed by atoms with E-state index >= 15 is 0 Å². The predicted molar refractivity (Wildman–Crippen MR) is 104 cm³/mol. The van der Waals surface area contributed by atoms with Crippen LogP contribution in [0, 0.1) is 0 Å². The highest BCUT2D eigenvalue weighted by molar-refractivity contribution is 7.89. The summed E-state index contributed by atoms with van der Waals surface area (Å²) in [5.41, 5.74) is 1.56. The Hall–Kier alpha value is -2.22. The zero-order valence-electron chi connectivity index (χ0n) is 15.3. The number of carbonyl (C=O) groups is 1. The van der Waals surface area contributed by atoms with Crippen LogP contribution in [0.1, 0.15) is 31.4 Å². The summed E-state index contributed by atoms with van der Waals surface area (Å²) in [4.78, 5) is 11.9. The number of carbonyl (C=O) groups excluding carboxylic acids is 1. The fourth-order valence-corrected chi connectivity index (χ4v) is 4.45. The molecule has 1 aliphatic heterocycles. The summed E-state index contributed by atoms with van der Waals surface area (Å²) in [6.45, 7) is 2.88. The number of amides is 1. The number of hydrogen-bond donors (Lipinski definition) is 1. The van der Waals surface area contributed by atoms with Gasteiger partial charge in [-0.25, -0.2) is 8.42 Å². The molecule has 2 aromatic rings. The average Bonchev–Trinajstić information content (AvgIpc) is 2.69. The van der Waals surface area contributed by atoms with Crippen molar-refractivity contribution in [2.75, 3.05) is 25.0 Å². The minimum Gasteiger partial charge on any atom is -0.371 e. The maximum absolute atomic E-state index is 13.0. The lowest BCUT2D eigenvalue weighted by Crippen LogP contribution is -2.42. The van der Waals surface area contributed by atoms with Crippen LogP contribution < -0.4 is 5.32 Å². The summed E-state index contributed by atoms with van der Waals surface area (Å²) in [5, 5.41) is 2.76. The molecule has 1 N–H and O–H groups in total. The Morgan fingerprint density at radius 3 is 2.52 bits per heavy atom. The van der Waals surface area contributed by atoms with E-state index in [0.29, 0.717) is 25.3 Å². The first-order valence-corrected chi connectivity index (χ1v) is 10.5. The van der Waals surface area contributed by atoms with Crippen LogP contribution in [0.5, 0.6) is 0 Å². The molecule has 0 bridgehead atoms. The lowest BCUT2D eigenvalue weighted by molar-refractivity contribution is -0.116. The molecule has 144 valence electrons. The van der Waals surface area contributed by atoms with E-state index in [1.54, 1.807) is 12.1 Å². The normalized spacial score (nSPS) is 18.2. The highest BCUT2D eigenvalue weighted by atomic mass is 32.2. The molecule has 0 spiro atoms. The van der Waals surface area contributed by atoms with Crippen LogP contribution in [0.4, 0.5) is 5.69 Å². The van der Waals surface area contributed by atoms with Gasteiger partial charge in [-0.15, -0.1) is 0 Å². The van der Waals surface area contributed by atoms with Crippen molar-refractivity contribution in [1.29, 1.82) is 0 Å². The fourth-order valence-electron chi connectivity index (χ4n) is 3.02. The minimum atomic E-state index is -3.62. The first-order valence-electron chi connectivity index (χ1n) is 9.07. The van der Waals surface area contributed by atoms with Crippen molar-refractivity contribution < 1.29 is 17.9 Å². The first kappa shape index (κ1) is 19.5. The van der Waals surface area contributed by atoms with E-state index in [1.165, 1.54) is 16.4 Å². The number of hydrogen-bond acceptors (Lipinski definition) is 4. The second-order valence-corrected chi connectivity index (χ2v) is 8.39. The molecule has 0 saturated carbocycles. The number of nitrogens with one attached hydrogen (secondary N) is 1. The van der Waals surface area contributed by atoms with Gasteiger partial charge in [0.15, 0.2) is 0 Å². The second kappa shape index (κ2) is 8.65. The molecular weight excluding hydrogens is 364 g/mol. The van der Waals surface area contributed by atoms with E-state index in [0.717, 1.165) is 12.0 Å². The molecule has 1 heterocycles. The van der Waals surface area contributed by atoms with Crippen LogP contribution in [0.15, 0.2) is 59.5 Å². The summed E-state index contributed by atoms with van der Waals surface area (Å²) in [7, 11) is -3.62. The van der Waals surface area contributed by atoms with Gasteiger partial charge in [-0.3, -0.25) is 4.79 Å². The van der Waals surface area contributed by atoms with Gasteiger partial charge in [-0.2, -0.15) is 4.31 Å². The van der Waals surface area contributed by atoms with E-state index in [9.17, 15) is 13.2 Å². The summed E-state index contributed by atoms with van der Waals surface area (Å²) >= 11 is 0. The largest absolute Gasteiger partial charge is 0.371 e. The summed E-state index contributed by atoms with van der Waals surface area (Å²) in [6, 6.07) is 15.9. The van der Waals surface area contributed by atoms with E-state index in [2.05, 4.69) is 5.32 Å². The molecule has 1 fully saturated rings.